The van der Waals surface area contributed by atoms with Gasteiger partial charge in [0, 0.05) is 64.8 Å². The molecule has 4 aromatic carbocycles. The van der Waals surface area contributed by atoms with Gasteiger partial charge in [-0.3, -0.25) is 0 Å². The Morgan fingerprint density at radius 2 is 1.51 bits per heavy atom. The van der Waals surface area contributed by atoms with Crippen molar-refractivity contribution in [3.05, 3.63) is 121 Å². The Balaban J connectivity index is 0.000000200. The van der Waals surface area contributed by atoms with Crippen LogP contribution in [0.3, 0.4) is 0 Å². The van der Waals surface area contributed by atoms with Gasteiger partial charge in [0.15, 0.2) is 5.54 Å². The Morgan fingerprint density at radius 3 is 2.26 bits per heavy atom. The van der Waals surface area contributed by atoms with Crippen molar-refractivity contribution in [3.63, 3.8) is 0 Å². The Kier molecular flexibility index (Phi) is 7.41. The van der Waals surface area contributed by atoms with Gasteiger partial charge in [0.2, 0.25) is 0 Å². The molecule has 3 heterocycles. The molecule has 7 rings (SSSR count). The van der Waals surface area contributed by atoms with Crippen LogP contribution < -0.4 is 4.58 Å². The van der Waals surface area contributed by atoms with E-state index in [9.17, 15) is 0 Å². The number of pyridine rings is 1. The quantitative estimate of drug-likeness (QED) is 0.136. The monoisotopic (exact) mass is 686 g/mol. The van der Waals surface area contributed by atoms with Crippen LogP contribution in [0.1, 0.15) is 20.8 Å². The Morgan fingerprint density at radius 1 is 0.769 bits per heavy atom. The Hall–Kier alpha value is -4.14. The van der Waals surface area contributed by atoms with E-state index in [4.69, 9.17) is 4.42 Å². The molecule has 6 aromatic rings. The van der Waals surface area contributed by atoms with Gasteiger partial charge in [0.25, 0.3) is 11.4 Å². The molecule has 0 unspecified atom stereocenters. The molecule has 5 heteroatoms. The minimum atomic E-state index is -0.0612. The first-order valence-corrected chi connectivity index (χ1v) is 12.7. The smallest absolute Gasteiger partial charge is 0.483 e. The zero-order chi connectivity index (χ0) is 26.1. The number of para-hydroxylation sites is 3. The summed E-state index contributed by atoms with van der Waals surface area (Å²) < 4.78 is 10.3. The molecule has 1 radical (unpaired) electrons. The molecule has 1 aliphatic heterocycles. The normalized spacial score (nSPS) is 12.2. The van der Waals surface area contributed by atoms with Gasteiger partial charge in [0.05, 0.1) is 0 Å². The maximum Gasteiger partial charge on any atom is 0.495 e. The molecule has 39 heavy (non-hydrogen) atoms. The summed E-state index contributed by atoms with van der Waals surface area (Å²) in [6.07, 6.45) is 1.79. The first-order valence-electron chi connectivity index (χ1n) is 12.7. The van der Waals surface area contributed by atoms with Crippen LogP contribution in [0, 0.1) is 12.1 Å². The Bertz CT molecular complexity index is 1790. The average molecular weight is 686 g/mol. The first-order chi connectivity index (χ1) is 18.5. The average Bonchev–Trinajstić information content (AvgIpc) is 3.53. The van der Waals surface area contributed by atoms with Crippen molar-refractivity contribution in [1.29, 1.82) is 0 Å². The summed E-state index contributed by atoms with van der Waals surface area (Å²) in [7, 11) is 0. The minimum absolute atomic E-state index is 0. The molecule has 4 nitrogen and oxygen atoms in total. The molecule has 0 spiro atoms. The van der Waals surface area contributed by atoms with Gasteiger partial charge >= 0.3 is 6.01 Å². The molecule has 0 bridgehead atoms. The van der Waals surface area contributed by atoms with Crippen LogP contribution in [-0.2, 0) is 20.1 Å². The summed E-state index contributed by atoms with van der Waals surface area (Å²) in [6.45, 7) is 6.56. The molecule has 2 aromatic heterocycles. The summed E-state index contributed by atoms with van der Waals surface area (Å²) in [5.74, 6) is 0. The fourth-order valence-corrected chi connectivity index (χ4v) is 4.60. The summed E-state index contributed by atoms with van der Waals surface area (Å²) >= 11 is 0. The van der Waals surface area contributed by atoms with E-state index >= 15 is 0 Å². The number of aromatic nitrogens is 1. The molecule has 0 N–H and O–H groups in total. The largest absolute Gasteiger partial charge is 0.495 e. The van der Waals surface area contributed by atoms with Crippen molar-refractivity contribution in [3.8, 4) is 11.3 Å². The van der Waals surface area contributed by atoms with E-state index in [1.165, 1.54) is 0 Å². The first kappa shape index (κ1) is 26.5. The maximum absolute atomic E-state index is 6.05. The number of furan rings is 1. The third-order valence-electron chi connectivity index (χ3n) is 6.42. The van der Waals surface area contributed by atoms with Gasteiger partial charge in [-0.15, -0.1) is 42.0 Å². The van der Waals surface area contributed by atoms with Gasteiger partial charge in [-0.2, -0.15) is 6.07 Å². The molecular weight excluding hydrogens is 659 g/mol. The van der Waals surface area contributed by atoms with Crippen LogP contribution >= 0.6 is 0 Å². The van der Waals surface area contributed by atoms with Crippen molar-refractivity contribution in [2.45, 2.75) is 26.3 Å². The second-order valence-electron chi connectivity index (χ2n) is 10.1. The summed E-state index contributed by atoms with van der Waals surface area (Å²) in [6, 6.07) is 44.3. The topological polar surface area (TPSA) is 32.0 Å². The van der Waals surface area contributed by atoms with E-state index in [2.05, 4.69) is 83.4 Å². The van der Waals surface area contributed by atoms with Gasteiger partial charge in [-0.25, -0.2) is 0 Å². The zero-order valence-corrected chi connectivity index (χ0v) is 24.4. The second-order valence-corrected chi connectivity index (χ2v) is 10.1. The van der Waals surface area contributed by atoms with Gasteiger partial charge in [-0.1, -0.05) is 63.1 Å². The van der Waals surface area contributed by atoms with E-state index < -0.39 is 0 Å². The summed E-state index contributed by atoms with van der Waals surface area (Å²) in [5, 5.41) is 2.21. The molecule has 0 fully saturated rings. The molecule has 1 aliphatic rings. The third kappa shape index (κ3) is 5.26. The van der Waals surface area contributed by atoms with E-state index in [1.807, 2.05) is 72.8 Å². The summed E-state index contributed by atoms with van der Waals surface area (Å²) in [5.41, 5.74) is 6.90. The number of hydrogen-bond acceptors (Lipinski definition) is 2. The molecule has 0 aliphatic carbocycles. The standard InChI is InChI=1S/C23H19N2O.C11H8N.Ir/c1-23(2,3)25-15-24(19-9-5-6-10-20(19)25)16-12-13-18-17-8-4-7-11-21(17)26-22(18)14-16;1-2-6-10(7-3-1)11-8-4-5-9-12-11;/h4-11,13-14H,1-3H3;1-6,8-9H;/q+1;-1;. The van der Waals surface area contributed by atoms with Gasteiger partial charge in [0.1, 0.15) is 11.3 Å². The molecule has 193 valence electrons. The fraction of sp³-hybridized carbons (Fsp3) is 0.118. The summed E-state index contributed by atoms with van der Waals surface area (Å²) in [4.78, 5) is 4.22. The van der Waals surface area contributed by atoms with Crippen molar-refractivity contribution < 1.29 is 29.1 Å². The van der Waals surface area contributed by atoms with E-state index in [1.54, 1.807) is 6.20 Å². The van der Waals surface area contributed by atoms with E-state index in [-0.39, 0.29) is 25.6 Å². The number of rotatable bonds is 2. The van der Waals surface area contributed by atoms with Crippen LogP contribution in [-0.4, -0.2) is 21.1 Å². The fourth-order valence-electron chi connectivity index (χ4n) is 4.60. The SMILES string of the molecule is CC(C)(C)[N+]1=C=[N+](c2[c-]cc3c(c2)oc2ccccc23)c2ccccc21.[Ir].[c-]1ccccc1-c1ccccn1. The van der Waals surface area contributed by atoms with Gasteiger partial charge in [-0.05, 0) is 23.2 Å². The van der Waals surface area contributed by atoms with Gasteiger partial charge < -0.3 is 9.40 Å². The molecule has 0 atom stereocenters. The predicted molar refractivity (Wildman–Crippen MR) is 154 cm³/mol. The third-order valence-corrected chi connectivity index (χ3v) is 6.42. The predicted octanol–water partition coefficient (Wildman–Crippen LogP) is 8.40. The number of hydrogen-bond donors (Lipinski definition) is 0. The Labute approximate surface area is 241 Å². The van der Waals surface area contributed by atoms with Crippen molar-refractivity contribution in [1.82, 2.24) is 9.56 Å². The van der Waals surface area contributed by atoms with E-state index in [0.29, 0.717) is 0 Å². The zero-order valence-electron chi connectivity index (χ0n) is 22.0. The van der Waals surface area contributed by atoms with Crippen LogP contribution in [0.2, 0.25) is 0 Å². The van der Waals surface area contributed by atoms with Crippen molar-refractivity contribution in [2.75, 3.05) is 0 Å². The van der Waals surface area contributed by atoms with Crippen LogP contribution in [0.15, 0.2) is 114 Å². The van der Waals surface area contributed by atoms with Crippen molar-refractivity contribution in [2.24, 2.45) is 0 Å². The number of benzene rings is 4. The number of fused-ring (bicyclic) bond motifs is 4. The number of nitrogens with zero attached hydrogens (tertiary/aromatic N) is 3. The second kappa shape index (κ2) is 10.9. The van der Waals surface area contributed by atoms with Crippen LogP contribution in [0.5, 0.6) is 0 Å². The molecule has 0 saturated heterocycles. The van der Waals surface area contributed by atoms with Crippen LogP contribution in [0.4, 0.5) is 17.1 Å². The molecule has 0 saturated carbocycles. The molecular formula is C34H27IrN3O. The van der Waals surface area contributed by atoms with Crippen molar-refractivity contribution >= 4 is 45.0 Å². The minimum Gasteiger partial charge on any atom is -0.483 e. The maximum atomic E-state index is 6.05. The van der Waals surface area contributed by atoms with E-state index in [0.717, 1.165) is 50.3 Å². The van der Waals surface area contributed by atoms with Crippen LogP contribution in [0.25, 0.3) is 33.2 Å². The molecule has 0 amide bonds.